The third-order valence-corrected chi connectivity index (χ3v) is 1.75. The van der Waals surface area contributed by atoms with Crippen LogP contribution in [0.2, 0.25) is 0 Å². The van der Waals surface area contributed by atoms with Gasteiger partial charge >= 0.3 is 11.9 Å². The average molecular weight is 170 g/mol. The molecule has 4 heteroatoms. The predicted molar refractivity (Wildman–Crippen MR) is 39.7 cm³/mol. The van der Waals surface area contributed by atoms with Crippen LogP contribution in [0.5, 0.6) is 0 Å². The maximum absolute atomic E-state index is 10.9. The van der Waals surface area contributed by atoms with Crippen LogP contribution >= 0.6 is 0 Å². The van der Waals surface area contributed by atoms with Gasteiger partial charge in [0.05, 0.1) is 5.92 Å². The van der Waals surface area contributed by atoms with E-state index in [0.29, 0.717) is 5.57 Å². The van der Waals surface area contributed by atoms with Gasteiger partial charge < -0.3 is 9.47 Å². The van der Waals surface area contributed by atoms with Crippen molar-refractivity contribution in [1.29, 1.82) is 0 Å². The Labute approximate surface area is 70.1 Å². The van der Waals surface area contributed by atoms with Gasteiger partial charge in [0.2, 0.25) is 0 Å². The van der Waals surface area contributed by atoms with E-state index in [1.165, 1.54) is 6.92 Å². The van der Waals surface area contributed by atoms with Crippen molar-refractivity contribution in [3.05, 3.63) is 11.5 Å². The molecule has 0 saturated heterocycles. The molecule has 66 valence electrons. The molecule has 0 N–H and O–H groups in total. The second-order valence-electron chi connectivity index (χ2n) is 2.71. The molecule has 0 aromatic carbocycles. The first-order chi connectivity index (χ1) is 5.52. The van der Waals surface area contributed by atoms with Crippen LogP contribution < -0.4 is 0 Å². The highest BCUT2D eigenvalue weighted by atomic mass is 16.7. The largest absolute Gasteiger partial charge is 0.393 e. The highest BCUT2D eigenvalue weighted by Crippen LogP contribution is 2.26. The number of carbonyl (C=O) groups is 2. The Morgan fingerprint density at radius 3 is 2.50 bits per heavy atom. The van der Waals surface area contributed by atoms with Gasteiger partial charge in [-0.05, 0) is 13.8 Å². The van der Waals surface area contributed by atoms with Crippen molar-refractivity contribution in [1.82, 2.24) is 0 Å². The Kier molecular flexibility index (Phi) is 2.17. The molecule has 1 rings (SSSR count). The first-order valence-corrected chi connectivity index (χ1v) is 3.63. The molecule has 0 aromatic heterocycles. The molecular weight excluding hydrogens is 160 g/mol. The molecule has 0 amide bonds. The Balaban J connectivity index is 2.78. The molecule has 0 fully saturated rings. The number of ether oxygens (including phenoxy) is 2. The van der Waals surface area contributed by atoms with Crippen molar-refractivity contribution < 1.29 is 19.1 Å². The lowest BCUT2D eigenvalue weighted by atomic mass is 10.1. The molecular formula is C8H10O4. The molecule has 1 aliphatic rings. The van der Waals surface area contributed by atoms with Gasteiger partial charge in [-0.3, -0.25) is 9.59 Å². The molecule has 1 unspecified atom stereocenters. The van der Waals surface area contributed by atoms with Crippen LogP contribution in [-0.4, -0.2) is 11.9 Å². The lowest BCUT2D eigenvalue weighted by molar-refractivity contribution is -0.150. The molecule has 12 heavy (non-hydrogen) atoms. The number of rotatable bonds is 1. The van der Waals surface area contributed by atoms with Gasteiger partial charge in [0.25, 0.3) is 5.95 Å². The SMILES string of the molecule is CC(=O)OC1=C(C)C(C)C(=O)O1. The van der Waals surface area contributed by atoms with Crippen LogP contribution in [0.1, 0.15) is 20.8 Å². The van der Waals surface area contributed by atoms with Crippen LogP contribution in [0.15, 0.2) is 11.5 Å². The molecule has 0 bridgehead atoms. The van der Waals surface area contributed by atoms with Crippen LogP contribution in [0.25, 0.3) is 0 Å². The summed E-state index contributed by atoms with van der Waals surface area (Å²) in [4.78, 5) is 21.4. The summed E-state index contributed by atoms with van der Waals surface area (Å²) >= 11 is 0. The van der Waals surface area contributed by atoms with E-state index in [4.69, 9.17) is 4.74 Å². The Morgan fingerprint density at radius 2 is 2.17 bits per heavy atom. The van der Waals surface area contributed by atoms with E-state index in [-0.39, 0.29) is 17.8 Å². The van der Waals surface area contributed by atoms with E-state index >= 15 is 0 Å². The molecule has 0 aromatic rings. The minimum absolute atomic E-state index is 0.0417. The zero-order valence-corrected chi connectivity index (χ0v) is 7.21. The summed E-state index contributed by atoms with van der Waals surface area (Å²) in [5, 5.41) is 0. The van der Waals surface area contributed by atoms with E-state index in [0.717, 1.165) is 0 Å². The summed E-state index contributed by atoms with van der Waals surface area (Å²) in [5.41, 5.74) is 0.662. The van der Waals surface area contributed by atoms with Gasteiger partial charge in [-0.15, -0.1) is 0 Å². The summed E-state index contributed by atoms with van der Waals surface area (Å²) in [6, 6.07) is 0. The van der Waals surface area contributed by atoms with E-state index in [9.17, 15) is 9.59 Å². The predicted octanol–water partition coefficient (Wildman–Crippen LogP) is 0.974. The molecule has 0 radical (unpaired) electrons. The van der Waals surface area contributed by atoms with Crippen LogP contribution in [0, 0.1) is 5.92 Å². The average Bonchev–Trinajstić information content (AvgIpc) is 2.17. The van der Waals surface area contributed by atoms with E-state index in [1.807, 2.05) is 0 Å². The van der Waals surface area contributed by atoms with Crippen molar-refractivity contribution in [3.8, 4) is 0 Å². The van der Waals surface area contributed by atoms with Gasteiger partial charge in [0.1, 0.15) is 0 Å². The van der Waals surface area contributed by atoms with Crippen molar-refractivity contribution >= 4 is 11.9 Å². The van der Waals surface area contributed by atoms with Crippen molar-refractivity contribution in [2.45, 2.75) is 20.8 Å². The zero-order valence-electron chi connectivity index (χ0n) is 7.21. The van der Waals surface area contributed by atoms with E-state index in [1.54, 1.807) is 13.8 Å². The van der Waals surface area contributed by atoms with Gasteiger partial charge in [-0.25, -0.2) is 0 Å². The summed E-state index contributed by atoms with van der Waals surface area (Å²) < 4.78 is 9.36. The third-order valence-electron chi connectivity index (χ3n) is 1.75. The first kappa shape index (κ1) is 8.77. The molecule has 1 aliphatic heterocycles. The number of hydrogen-bond acceptors (Lipinski definition) is 4. The van der Waals surface area contributed by atoms with Crippen LogP contribution in [-0.2, 0) is 19.1 Å². The quantitative estimate of drug-likeness (QED) is 0.550. The Morgan fingerprint density at radius 1 is 1.58 bits per heavy atom. The van der Waals surface area contributed by atoms with Gasteiger partial charge in [-0.2, -0.15) is 0 Å². The second-order valence-corrected chi connectivity index (χ2v) is 2.71. The lowest BCUT2D eigenvalue weighted by Crippen LogP contribution is -2.05. The normalized spacial score (nSPS) is 22.6. The topological polar surface area (TPSA) is 52.6 Å². The number of esters is 2. The minimum atomic E-state index is -0.480. The number of cyclic esters (lactones) is 1. The molecule has 4 nitrogen and oxygen atoms in total. The van der Waals surface area contributed by atoms with Crippen molar-refractivity contribution in [2.24, 2.45) is 5.92 Å². The summed E-state index contributed by atoms with van der Waals surface area (Å²) in [7, 11) is 0. The zero-order chi connectivity index (χ0) is 9.30. The minimum Gasteiger partial charge on any atom is -0.393 e. The monoisotopic (exact) mass is 170 g/mol. The molecule has 0 aliphatic carbocycles. The molecule has 0 spiro atoms. The van der Waals surface area contributed by atoms with Gasteiger partial charge in [-0.1, -0.05) is 0 Å². The lowest BCUT2D eigenvalue weighted by Gasteiger charge is -1.99. The summed E-state index contributed by atoms with van der Waals surface area (Å²) in [6.45, 7) is 4.67. The van der Waals surface area contributed by atoms with Crippen molar-refractivity contribution in [3.63, 3.8) is 0 Å². The first-order valence-electron chi connectivity index (χ1n) is 3.63. The second kappa shape index (κ2) is 2.97. The van der Waals surface area contributed by atoms with E-state index < -0.39 is 5.97 Å². The van der Waals surface area contributed by atoms with Crippen LogP contribution in [0.4, 0.5) is 0 Å². The third kappa shape index (κ3) is 1.47. The Hall–Kier alpha value is -1.32. The maximum atomic E-state index is 10.9. The fourth-order valence-electron chi connectivity index (χ4n) is 0.846. The van der Waals surface area contributed by atoms with Crippen molar-refractivity contribution in [2.75, 3.05) is 0 Å². The molecule has 1 heterocycles. The maximum Gasteiger partial charge on any atom is 0.320 e. The number of hydrogen-bond donors (Lipinski definition) is 0. The van der Waals surface area contributed by atoms with Gasteiger partial charge in [0.15, 0.2) is 0 Å². The van der Waals surface area contributed by atoms with Crippen LogP contribution in [0.3, 0.4) is 0 Å². The standard InChI is InChI=1S/C8H10O4/c1-4-5(2)8(11-6(3)9)12-7(4)10/h4H,1-3H3. The fraction of sp³-hybridized carbons (Fsp3) is 0.500. The highest BCUT2D eigenvalue weighted by molar-refractivity contribution is 5.80. The summed E-state index contributed by atoms with van der Waals surface area (Å²) in [5.74, 6) is -1.12. The van der Waals surface area contributed by atoms with E-state index in [2.05, 4.69) is 4.74 Å². The molecule has 0 saturated carbocycles. The Bertz CT molecular complexity index is 264. The fourth-order valence-corrected chi connectivity index (χ4v) is 0.846. The summed E-state index contributed by atoms with van der Waals surface area (Å²) in [6.07, 6.45) is 0. The smallest absolute Gasteiger partial charge is 0.320 e. The number of carbonyl (C=O) groups excluding carboxylic acids is 2. The highest BCUT2D eigenvalue weighted by Gasteiger charge is 2.31. The van der Waals surface area contributed by atoms with Gasteiger partial charge in [0, 0.05) is 12.5 Å². The molecule has 1 atom stereocenters.